The van der Waals surface area contributed by atoms with E-state index >= 15 is 0 Å². The predicted octanol–water partition coefficient (Wildman–Crippen LogP) is 1.16. The molecule has 7 heteroatoms. The fourth-order valence-electron chi connectivity index (χ4n) is 1.53. The van der Waals surface area contributed by atoms with Crippen LogP contribution in [0, 0.1) is 6.92 Å². The van der Waals surface area contributed by atoms with E-state index in [-0.39, 0.29) is 18.2 Å². The van der Waals surface area contributed by atoms with Gasteiger partial charge in [-0.25, -0.2) is 4.98 Å². The van der Waals surface area contributed by atoms with Gasteiger partial charge in [0, 0.05) is 0 Å². The molecule has 1 heterocycles. The molecule has 0 saturated carbocycles. The molecule has 0 aliphatic heterocycles. The maximum Gasteiger partial charge on any atom is 0.322 e. The Balaban J connectivity index is 1.94. The average molecular weight is 279 g/mol. The zero-order valence-corrected chi connectivity index (χ0v) is 11.1. The van der Waals surface area contributed by atoms with Gasteiger partial charge in [0.25, 0.3) is 0 Å². The fraction of sp³-hybridized carbons (Fsp3) is 0.250. The number of hydrogen-bond acceptors (Lipinski definition) is 4. The molecule has 2 rings (SSSR count). The highest BCUT2D eigenvalue weighted by Crippen LogP contribution is 2.19. The van der Waals surface area contributed by atoms with Crippen LogP contribution in [0.1, 0.15) is 5.56 Å². The minimum atomic E-state index is -1.06. The number of H-pyrrole nitrogens is 1. The lowest BCUT2D eigenvalue weighted by atomic mass is 10.2. The summed E-state index contributed by atoms with van der Waals surface area (Å²) >= 11 is 1.24. The number of aryl methyl sites for hydroxylation is 1. The van der Waals surface area contributed by atoms with Gasteiger partial charge in [-0.1, -0.05) is 17.8 Å². The van der Waals surface area contributed by atoms with Crippen molar-refractivity contribution in [1.82, 2.24) is 15.3 Å². The lowest BCUT2D eigenvalue weighted by Gasteiger charge is -1.99. The van der Waals surface area contributed by atoms with E-state index in [0.29, 0.717) is 5.16 Å². The number of nitrogens with one attached hydrogen (secondary N) is 2. The van der Waals surface area contributed by atoms with Gasteiger partial charge in [-0.15, -0.1) is 0 Å². The maximum absolute atomic E-state index is 11.4. The van der Waals surface area contributed by atoms with Crippen LogP contribution in [-0.2, 0) is 9.59 Å². The first-order valence-corrected chi connectivity index (χ1v) is 6.61. The van der Waals surface area contributed by atoms with Crippen molar-refractivity contribution in [3.63, 3.8) is 0 Å². The number of carboxylic acid groups (broad SMARTS) is 1. The molecular formula is C12H13N3O3S. The second kappa shape index (κ2) is 5.75. The first-order valence-electron chi connectivity index (χ1n) is 5.62. The molecule has 100 valence electrons. The summed E-state index contributed by atoms with van der Waals surface area (Å²) in [5.74, 6) is -1.26. The second-order valence-electron chi connectivity index (χ2n) is 4.02. The van der Waals surface area contributed by atoms with Crippen molar-refractivity contribution in [2.75, 3.05) is 12.3 Å². The highest BCUT2D eigenvalue weighted by atomic mass is 32.2. The summed E-state index contributed by atoms with van der Waals surface area (Å²) in [4.78, 5) is 29.1. The summed E-state index contributed by atoms with van der Waals surface area (Å²) in [7, 11) is 0. The van der Waals surface area contributed by atoms with Crippen molar-refractivity contribution in [3.05, 3.63) is 23.8 Å². The standard InChI is InChI=1S/C12H13N3O3S/c1-7-2-3-8-9(4-7)15-12(14-8)19-6-10(16)13-5-11(17)18/h2-4H,5-6H2,1H3,(H,13,16)(H,14,15)(H,17,18). The zero-order chi connectivity index (χ0) is 13.8. The summed E-state index contributed by atoms with van der Waals surface area (Å²) in [6.45, 7) is 1.63. The van der Waals surface area contributed by atoms with Crippen LogP contribution in [0.4, 0.5) is 0 Å². The molecule has 6 nitrogen and oxygen atoms in total. The van der Waals surface area contributed by atoms with Crippen LogP contribution in [0.2, 0.25) is 0 Å². The van der Waals surface area contributed by atoms with Crippen molar-refractivity contribution in [2.24, 2.45) is 0 Å². The number of carboxylic acids is 1. The summed E-state index contributed by atoms with van der Waals surface area (Å²) in [6.07, 6.45) is 0. The molecule has 0 aliphatic rings. The average Bonchev–Trinajstić information content (AvgIpc) is 2.75. The number of amides is 1. The van der Waals surface area contributed by atoms with E-state index in [1.165, 1.54) is 11.8 Å². The number of imidazole rings is 1. The van der Waals surface area contributed by atoms with Crippen LogP contribution in [0.5, 0.6) is 0 Å². The molecule has 0 atom stereocenters. The summed E-state index contributed by atoms with van der Waals surface area (Å²) in [6, 6.07) is 5.86. The lowest BCUT2D eigenvalue weighted by Crippen LogP contribution is -2.30. The van der Waals surface area contributed by atoms with Gasteiger partial charge in [0.15, 0.2) is 5.16 Å². The predicted molar refractivity (Wildman–Crippen MR) is 72.2 cm³/mol. The lowest BCUT2D eigenvalue weighted by molar-refractivity contribution is -0.137. The molecule has 19 heavy (non-hydrogen) atoms. The third kappa shape index (κ3) is 3.72. The number of carbonyl (C=O) groups is 2. The number of fused-ring (bicyclic) bond motifs is 1. The number of hydrogen-bond donors (Lipinski definition) is 3. The van der Waals surface area contributed by atoms with Crippen LogP contribution in [0.25, 0.3) is 11.0 Å². The summed E-state index contributed by atoms with van der Waals surface area (Å²) in [5.41, 5.74) is 2.90. The third-order valence-corrected chi connectivity index (χ3v) is 3.27. The van der Waals surface area contributed by atoms with Crippen LogP contribution in [-0.4, -0.2) is 39.2 Å². The van der Waals surface area contributed by atoms with Crippen LogP contribution in [0.15, 0.2) is 23.4 Å². The van der Waals surface area contributed by atoms with Crippen molar-refractivity contribution >= 4 is 34.7 Å². The monoisotopic (exact) mass is 279 g/mol. The molecule has 0 unspecified atom stereocenters. The Morgan fingerprint density at radius 1 is 1.47 bits per heavy atom. The molecule has 2 aromatic rings. The van der Waals surface area contributed by atoms with Gasteiger partial charge in [0.05, 0.1) is 16.8 Å². The Hall–Kier alpha value is -2.02. The van der Waals surface area contributed by atoms with E-state index in [1.54, 1.807) is 0 Å². The SMILES string of the molecule is Cc1ccc2nc(SCC(=O)NCC(=O)O)[nH]c2c1. The van der Waals surface area contributed by atoms with E-state index in [2.05, 4.69) is 15.3 Å². The number of benzene rings is 1. The van der Waals surface area contributed by atoms with Gasteiger partial charge in [0.2, 0.25) is 5.91 Å². The number of thioether (sulfide) groups is 1. The topological polar surface area (TPSA) is 95.1 Å². The molecular weight excluding hydrogens is 266 g/mol. The second-order valence-corrected chi connectivity index (χ2v) is 4.99. The van der Waals surface area contributed by atoms with Gasteiger partial charge in [0.1, 0.15) is 6.54 Å². The molecule has 1 aromatic heterocycles. The minimum Gasteiger partial charge on any atom is -0.480 e. The highest BCUT2D eigenvalue weighted by Gasteiger charge is 2.08. The Morgan fingerprint density at radius 3 is 3.00 bits per heavy atom. The molecule has 0 saturated heterocycles. The first-order chi connectivity index (χ1) is 9.04. The number of rotatable bonds is 5. The van der Waals surface area contributed by atoms with Gasteiger partial charge in [-0.2, -0.15) is 0 Å². The number of aliphatic carboxylic acids is 1. The summed E-state index contributed by atoms with van der Waals surface area (Å²) in [5, 5.41) is 11.4. The normalized spacial score (nSPS) is 10.6. The van der Waals surface area contributed by atoms with Gasteiger partial charge in [-0.3, -0.25) is 9.59 Å². The Bertz CT molecular complexity index is 624. The third-order valence-electron chi connectivity index (χ3n) is 2.39. The molecule has 1 amide bonds. The van der Waals surface area contributed by atoms with E-state index in [1.807, 2.05) is 25.1 Å². The highest BCUT2D eigenvalue weighted by molar-refractivity contribution is 7.99. The molecule has 0 radical (unpaired) electrons. The van der Waals surface area contributed by atoms with E-state index in [9.17, 15) is 9.59 Å². The van der Waals surface area contributed by atoms with Crippen molar-refractivity contribution in [3.8, 4) is 0 Å². The number of aromatic amines is 1. The molecule has 0 aliphatic carbocycles. The molecule has 1 aromatic carbocycles. The van der Waals surface area contributed by atoms with Crippen LogP contribution in [0.3, 0.4) is 0 Å². The molecule has 0 fully saturated rings. The van der Waals surface area contributed by atoms with Gasteiger partial charge >= 0.3 is 5.97 Å². The number of nitrogens with zero attached hydrogens (tertiary/aromatic N) is 1. The number of aromatic nitrogens is 2. The smallest absolute Gasteiger partial charge is 0.322 e. The van der Waals surface area contributed by atoms with Crippen LogP contribution < -0.4 is 5.32 Å². The largest absolute Gasteiger partial charge is 0.480 e. The Labute approximate surface area is 113 Å². The van der Waals surface area contributed by atoms with E-state index in [0.717, 1.165) is 16.6 Å². The van der Waals surface area contributed by atoms with Crippen LogP contribution >= 0.6 is 11.8 Å². The van der Waals surface area contributed by atoms with Gasteiger partial charge in [-0.05, 0) is 24.6 Å². The maximum atomic E-state index is 11.4. The quantitative estimate of drug-likeness (QED) is 0.714. The Kier molecular flexibility index (Phi) is 4.06. The van der Waals surface area contributed by atoms with E-state index in [4.69, 9.17) is 5.11 Å². The van der Waals surface area contributed by atoms with Gasteiger partial charge < -0.3 is 15.4 Å². The van der Waals surface area contributed by atoms with E-state index < -0.39 is 5.97 Å². The van der Waals surface area contributed by atoms with Crippen molar-refractivity contribution in [1.29, 1.82) is 0 Å². The van der Waals surface area contributed by atoms with Crippen molar-refractivity contribution < 1.29 is 14.7 Å². The first kappa shape index (κ1) is 13.4. The zero-order valence-electron chi connectivity index (χ0n) is 10.3. The number of carbonyl (C=O) groups excluding carboxylic acids is 1. The molecule has 0 spiro atoms. The summed E-state index contributed by atoms with van der Waals surface area (Å²) < 4.78 is 0. The minimum absolute atomic E-state index is 0.131. The fourth-order valence-corrected chi connectivity index (χ4v) is 2.24. The Morgan fingerprint density at radius 2 is 2.26 bits per heavy atom. The van der Waals surface area contributed by atoms with Crippen molar-refractivity contribution in [2.45, 2.75) is 12.1 Å². The molecule has 3 N–H and O–H groups in total. The molecule has 0 bridgehead atoms.